The van der Waals surface area contributed by atoms with E-state index in [1.54, 1.807) is 0 Å². The van der Waals surface area contributed by atoms with Crippen LogP contribution in [-0.2, 0) is 0 Å². The number of nitrogens with zero attached hydrogens (tertiary/aromatic N) is 1. The highest BCUT2D eigenvalue weighted by Crippen LogP contribution is 2.16. The number of hydrogen-bond donors (Lipinski definition) is 0. The first-order valence-corrected chi connectivity index (χ1v) is 3.96. The monoisotopic (exact) mass is 159 g/mol. The molecule has 0 spiro atoms. The summed E-state index contributed by atoms with van der Waals surface area (Å²) in [5.41, 5.74) is 2.46. The zero-order chi connectivity index (χ0) is 8.97. The topological polar surface area (TPSA) is 3.24 Å². The highest BCUT2D eigenvalue weighted by Gasteiger charge is 2.00. The van der Waals surface area contributed by atoms with Crippen molar-refractivity contribution < 1.29 is 0 Å². The Kier molecular flexibility index (Phi) is 2.76. The third kappa shape index (κ3) is 1.79. The predicted octanol–water partition coefficient (Wildman–Crippen LogP) is 2.06. The second-order valence-electron chi connectivity index (χ2n) is 2.85. The fourth-order valence-electron chi connectivity index (χ4n) is 1.21. The average molecular weight is 159 g/mol. The van der Waals surface area contributed by atoms with Gasteiger partial charge in [-0.25, -0.2) is 0 Å². The van der Waals surface area contributed by atoms with Gasteiger partial charge in [-0.3, -0.25) is 0 Å². The lowest BCUT2D eigenvalue weighted by Gasteiger charge is -2.18. The number of anilines is 1. The van der Waals surface area contributed by atoms with E-state index >= 15 is 0 Å². The van der Waals surface area contributed by atoms with Crippen LogP contribution in [0, 0.1) is 19.3 Å². The maximum absolute atomic E-state index is 5.23. The SMILES string of the molecule is C#CCN(C)c1ccccc1C. The molecule has 0 aliphatic heterocycles. The van der Waals surface area contributed by atoms with Crippen LogP contribution in [0.15, 0.2) is 24.3 Å². The molecule has 0 atom stereocenters. The van der Waals surface area contributed by atoms with E-state index in [0.29, 0.717) is 6.54 Å². The first-order valence-electron chi connectivity index (χ1n) is 3.96. The number of rotatable bonds is 2. The van der Waals surface area contributed by atoms with Crippen LogP contribution in [0.1, 0.15) is 5.56 Å². The lowest BCUT2D eigenvalue weighted by Crippen LogP contribution is -2.17. The van der Waals surface area contributed by atoms with Crippen molar-refractivity contribution in [2.24, 2.45) is 0 Å². The van der Waals surface area contributed by atoms with Crippen molar-refractivity contribution in [2.45, 2.75) is 6.92 Å². The van der Waals surface area contributed by atoms with Crippen molar-refractivity contribution in [3.8, 4) is 12.3 Å². The maximum Gasteiger partial charge on any atom is 0.0788 e. The van der Waals surface area contributed by atoms with E-state index in [-0.39, 0.29) is 0 Å². The molecule has 62 valence electrons. The van der Waals surface area contributed by atoms with Crippen LogP contribution in [0.3, 0.4) is 0 Å². The Labute approximate surface area is 74.0 Å². The third-order valence-corrected chi connectivity index (χ3v) is 1.86. The summed E-state index contributed by atoms with van der Waals surface area (Å²) in [7, 11) is 2.00. The highest BCUT2D eigenvalue weighted by molar-refractivity contribution is 5.52. The molecule has 12 heavy (non-hydrogen) atoms. The minimum absolute atomic E-state index is 0.658. The predicted molar refractivity (Wildman–Crippen MR) is 53.3 cm³/mol. The first kappa shape index (κ1) is 8.67. The second-order valence-corrected chi connectivity index (χ2v) is 2.85. The van der Waals surface area contributed by atoms with Crippen LogP contribution >= 0.6 is 0 Å². The molecule has 0 heterocycles. The Morgan fingerprint density at radius 2 is 2.08 bits per heavy atom. The molecule has 0 radical (unpaired) electrons. The summed E-state index contributed by atoms with van der Waals surface area (Å²) in [6.07, 6.45) is 5.23. The normalized spacial score (nSPS) is 9.08. The van der Waals surface area contributed by atoms with Gasteiger partial charge in [0.25, 0.3) is 0 Å². The maximum atomic E-state index is 5.23. The molecule has 0 saturated heterocycles. The van der Waals surface area contributed by atoms with Gasteiger partial charge >= 0.3 is 0 Å². The Morgan fingerprint density at radius 3 is 2.67 bits per heavy atom. The van der Waals surface area contributed by atoms with E-state index in [0.717, 1.165) is 0 Å². The second kappa shape index (κ2) is 3.82. The Hall–Kier alpha value is -1.42. The Morgan fingerprint density at radius 1 is 1.42 bits per heavy atom. The number of hydrogen-bond acceptors (Lipinski definition) is 1. The zero-order valence-corrected chi connectivity index (χ0v) is 7.54. The molecule has 1 nitrogen and oxygen atoms in total. The Balaban J connectivity index is 2.88. The minimum Gasteiger partial charge on any atom is -0.363 e. The van der Waals surface area contributed by atoms with E-state index in [1.165, 1.54) is 11.3 Å². The number of terminal acetylenes is 1. The first-order chi connectivity index (χ1) is 5.75. The molecule has 0 fully saturated rings. The third-order valence-electron chi connectivity index (χ3n) is 1.86. The van der Waals surface area contributed by atoms with Gasteiger partial charge in [-0.2, -0.15) is 0 Å². The molecular weight excluding hydrogens is 146 g/mol. The molecule has 0 bridgehead atoms. The molecule has 0 N–H and O–H groups in total. The fraction of sp³-hybridized carbons (Fsp3) is 0.273. The highest BCUT2D eigenvalue weighted by atomic mass is 15.1. The van der Waals surface area contributed by atoms with E-state index in [9.17, 15) is 0 Å². The summed E-state index contributed by atoms with van der Waals surface area (Å²) in [4.78, 5) is 2.06. The summed E-state index contributed by atoms with van der Waals surface area (Å²) in [5.74, 6) is 2.62. The lowest BCUT2D eigenvalue weighted by molar-refractivity contribution is 1.04. The summed E-state index contributed by atoms with van der Waals surface area (Å²) in [5, 5.41) is 0. The van der Waals surface area contributed by atoms with Gasteiger partial charge in [-0.05, 0) is 18.6 Å². The van der Waals surface area contributed by atoms with E-state index in [1.807, 2.05) is 19.2 Å². The quantitative estimate of drug-likeness (QED) is 0.597. The van der Waals surface area contributed by atoms with Gasteiger partial charge in [-0.15, -0.1) is 6.42 Å². The molecule has 0 aliphatic carbocycles. The summed E-state index contributed by atoms with van der Waals surface area (Å²) < 4.78 is 0. The van der Waals surface area contributed by atoms with Gasteiger partial charge in [-0.1, -0.05) is 24.1 Å². The Bertz CT molecular complexity index is 296. The summed E-state index contributed by atoms with van der Waals surface area (Å²) in [6, 6.07) is 8.22. The molecule has 1 heteroatoms. The molecule has 0 saturated carbocycles. The van der Waals surface area contributed by atoms with Crippen molar-refractivity contribution >= 4 is 5.69 Å². The fourth-order valence-corrected chi connectivity index (χ4v) is 1.21. The van der Waals surface area contributed by atoms with E-state index in [2.05, 4.69) is 29.9 Å². The van der Waals surface area contributed by atoms with Gasteiger partial charge in [0.1, 0.15) is 0 Å². The molecule has 0 aliphatic rings. The van der Waals surface area contributed by atoms with Crippen LogP contribution in [-0.4, -0.2) is 13.6 Å². The van der Waals surface area contributed by atoms with Crippen LogP contribution in [0.2, 0.25) is 0 Å². The molecule has 0 amide bonds. The minimum atomic E-state index is 0.658. The van der Waals surface area contributed by atoms with Crippen LogP contribution in [0.25, 0.3) is 0 Å². The van der Waals surface area contributed by atoms with E-state index in [4.69, 9.17) is 6.42 Å². The molecule has 1 rings (SSSR count). The molecule has 0 unspecified atom stereocenters. The van der Waals surface area contributed by atoms with Crippen molar-refractivity contribution in [2.75, 3.05) is 18.5 Å². The summed E-state index contributed by atoms with van der Waals surface area (Å²) in [6.45, 7) is 2.74. The molecule has 1 aromatic carbocycles. The number of para-hydroxylation sites is 1. The van der Waals surface area contributed by atoms with Crippen molar-refractivity contribution in [3.05, 3.63) is 29.8 Å². The largest absolute Gasteiger partial charge is 0.363 e. The van der Waals surface area contributed by atoms with Gasteiger partial charge < -0.3 is 4.90 Å². The molecular formula is C11H13N. The molecule has 1 aromatic rings. The lowest BCUT2D eigenvalue weighted by atomic mass is 10.2. The van der Waals surface area contributed by atoms with Crippen molar-refractivity contribution in [3.63, 3.8) is 0 Å². The van der Waals surface area contributed by atoms with Crippen LogP contribution < -0.4 is 4.90 Å². The smallest absolute Gasteiger partial charge is 0.0788 e. The van der Waals surface area contributed by atoms with Crippen LogP contribution in [0.5, 0.6) is 0 Å². The van der Waals surface area contributed by atoms with E-state index < -0.39 is 0 Å². The average Bonchev–Trinajstić information content (AvgIpc) is 2.05. The number of benzene rings is 1. The van der Waals surface area contributed by atoms with Crippen molar-refractivity contribution in [1.82, 2.24) is 0 Å². The molecule has 0 aromatic heterocycles. The zero-order valence-electron chi connectivity index (χ0n) is 7.54. The van der Waals surface area contributed by atoms with Gasteiger partial charge in [0.05, 0.1) is 6.54 Å². The van der Waals surface area contributed by atoms with Gasteiger partial charge in [0.15, 0.2) is 0 Å². The van der Waals surface area contributed by atoms with Crippen LogP contribution in [0.4, 0.5) is 5.69 Å². The van der Waals surface area contributed by atoms with Gasteiger partial charge in [0.2, 0.25) is 0 Å². The standard InChI is InChI=1S/C11H13N/c1-4-9-12(3)11-8-6-5-7-10(11)2/h1,5-8H,9H2,2-3H3. The van der Waals surface area contributed by atoms with Crippen molar-refractivity contribution in [1.29, 1.82) is 0 Å². The van der Waals surface area contributed by atoms with Gasteiger partial charge in [0, 0.05) is 12.7 Å². The summed E-state index contributed by atoms with van der Waals surface area (Å²) >= 11 is 0. The number of aryl methyl sites for hydroxylation is 1.